The number of hydrogen-bond acceptors (Lipinski definition) is 5. The molecule has 1 amide bonds. The third kappa shape index (κ3) is 5.92. The number of rotatable bonds is 11. The molecular weight excluding hydrogens is 294 g/mol. The molecule has 1 unspecified atom stereocenters. The number of aldehydes is 1. The quantitative estimate of drug-likeness (QED) is 0.406. The van der Waals surface area contributed by atoms with Crippen molar-refractivity contribution in [3.63, 3.8) is 0 Å². The molecule has 0 saturated carbocycles. The Morgan fingerprint density at radius 3 is 2.43 bits per heavy atom. The van der Waals surface area contributed by atoms with Crippen LogP contribution in [0.3, 0.4) is 0 Å². The molecule has 0 saturated heterocycles. The fourth-order valence-electron chi connectivity index (χ4n) is 2.46. The minimum absolute atomic E-state index is 0.114. The fourth-order valence-corrected chi connectivity index (χ4v) is 2.46. The number of Topliss-reactive ketones (excluding diaryl/α,β-unsaturated/α-hetero) is 1. The zero-order valence-corrected chi connectivity index (χ0v) is 13.4. The van der Waals surface area contributed by atoms with Gasteiger partial charge in [-0.15, -0.1) is 0 Å². The lowest BCUT2D eigenvalue weighted by molar-refractivity contribution is -0.127. The molecule has 23 heavy (non-hydrogen) atoms. The van der Waals surface area contributed by atoms with E-state index >= 15 is 0 Å². The van der Waals surface area contributed by atoms with E-state index in [2.05, 4.69) is 5.32 Å². The Balaban J connectivity index is 3.02. The van der Waals surface area contributed by atoms with Crippen molar-refractivity contribution in [2.75, 3.05) is 6.54 Å². The first kappa shape index (κ1) is 19.0. The van der Waals surface area contributed by atoms with Crippen LogP contribution in [-0.2, 0) is 14.4 Å². The monoisotopic (exact) mass is 319 g/mol. The second-order valence-electron chi connectivity index (χ2n) is 5.53. The van der Waals surface area contributed by atoms with Crippen molar-refractivity contribution in [2.45, 2.75) is 44.2 Å². The van der Waals surface area contributed by atoms with Gasteiger partial charge in [0.1, 0.15) is 6.29 Å². The van der Waals surface area contributed by atoms with Crippen molar-refractivity contribution in [1.82, 2.24) is 5.32 Å². The van der Waals surface area contributed by atoms with E-state index in [1.807, 2.05) is 13.0 Å². The molecule has 1 aromatic rings. The first-order valence-electron chi connectivity index (χ1n) is 7.82. The van der Waals surface area contributed by atoms with Crippen LogP contribution < -0.4 is 16.8 Å². The van der Waals surface area contributed by atoms with E-state index in [0.29, 0.717) is 18.4 Å². The van der Waals surface area contributed by atoms with Crippen LogP contribution in [0.2, 0.25) is 0 Å². The van der Waals surface area contributed by atoms with Crippen LogP contribution in [0.15, 0.2) is 30.3 Å². The van der Waals surface area contributed by atoms with Gasteiger partial charge in [-0.25, -0.2) is 0 Å². The Labute approximate surface area is 136 Å². The molecule has 1 rings (SSSR count). The topological polar surface area (TPSA) is 115 Å². The van der Waals surface area contributed by atoms with E-state index in [1.54, 1.807) is 24.3 Å². The summed E-state index contributed by atoms with van der Waals surface area (Å²) in [6.07, 6.45) is 2.28. The average molecular weight is 319 g/mol. The van der Waals surface area contributed by atoms with Crippen molar-refractivity contribution >= 4 is 18.0 Å². The lowest BCUT2D eigenvalue weighted by Gasteiger charge is -2.25. The van der Waals surface area contributed by atoms with Crippen LogP contribution in [0.5, 0.6) is 0 Å². The number of benzene rings is 1. The molecule has 0 aliphatic heterocycles. The molecule has 0 aliphatic rings. The third-order valence-corrected chi connectivity index (χ3v) is 3.68. The highest BCUT2D eigenvalue weighted by Gasteiger charge is 2.33. The molecular formula is C17H25N3O3. The Kier molecular flexibility index (Phi) is 8.15. The Morgan fingerprint density at radius 1 is 1.26 bits per heavy atom. The van der Waals surface area contributed by atoms with E-state index < -0.39 is 23.9 Å². The highest BCUT2D eigenvalue weighted by atomic mass is 16.1. The van der Waals surface area contributed by atoms with Crippen LogP contribution >= 0.6 is 0 Å². The number of ketones is 1. The smallest absolute Gasteiger partial charge is 0.219 e. The van der Waals surface area contributed by atoms with E-state index in [1.165, 1.54) is 0 Å². The highest BCUT2D eigenvalue weighted by molar-refractivity contribution is 5.96. The van der Waals surface area contributed by atoms with Gasteiger partial charge in [0.15, 0.2) is 5.78 Å². The van der Waals surface area contributed by atoms with E-state index in [4.69, 9.17) is 11.5 Å². The molecule has 0 bridgehead atoms. The average Bonchev–Trinajstić information content (AvgIpc) is 2.54. The Morgan fingerprint density at radius 2 is 1.91 bits per heavy atom. The van der Waals surface area contributed by atoms with E-state index in [9.17, 15) is 14.4 Å². The van der Waals surface area contributed by atoms with Gasteiger partial charge in [0, 0.05) is 6.42 Å². The minimum atomic E-state index is -0.965. The van der Waals surface area contributed by atoms with Crippen LogP contribution in [0.25, 0.3) is 0 Å². The van der Waals surface area contributed by atoms with E-state index in [-0.39, 0.29) is 12.2 Å². The molecule has 6 heteroatoms. The number of nitrogens with one attached hydrogen (secondary N) is 1. The fraction of sp³-hybridized carbons (Fsp3) is 0.471. The molecule has 0 heterocycles. The predicted octanol–water partition coefficient (Wildman–Crippen LogP) is 0.499. The maximum Gasteiger partial charge on any atom is 0.219 e. The van der Waals surface area contributed by atoms with E-state index in [0.717, 1.165) is 12.8 Å². The van der Waals surface area contributed by atoms with Crippen molar-refractivity contribution in [3.05, 3.63) is 35.9 Å². The third-order valence-electron chi connectivity index (χ3n) is 3.68. The normalized spacial score (nSPS) is 14.7. The second kappa shape index (κ2) is 9.86. The van der Waals surface area contributed by atoms with Gasteiger partial charge in [-0.1, -0.05) is 43.7 Å². The number of unbranched alkanes of at least 4 members (excludes halogenated alkanes) is 1. The number of hydrogen-bond donors (Lipinski definition) is 3. The molecule has 1 aromatic carbocycles. The van der Waals surface area contributed by atoms with Crippen molar-refractivity contribution < 1.29 is 14.4 Å². The van der Waals surface area contributed by atoms with Crippen LogP contribution in [0.1, 0.15) is 37.7 Å². The minimum Gasteiger partial charge on any atom is -0.370 e. The summed E-state index contributed by atoms with van der Waals surface area (Å²) in [5, 5.41) is 3.06. The molecule has 126 valence electrons. The van der Waals surface area contributed by atoms with Crippen LogP contribution in [-0.4, -0.2) is 36.6 Å². The summed E-state index contributed by atoms with van der Waals surface area (Å²) < 4.78 is 0. The summed E-state index contributed by atoms with van der Waals surface area (Å²) in [5.41, 5.74) is 11.7. The number of amides is 1. The van der Waals surface area contributed by atoms with Gasteiger partial charge in [-0.2, -0.15) is 0 Å². The molecule has 0 aliphatic carbocycles. The van der Waals surface area contributed by atoms with Gasteiger partial charge >= 0.3 is 0 Å². The first-order valence-corrected chi connectivity index (χ1v) is 7.82. The maximum atomic E-state index is 12.9. The lowest BCUT2D eigenvalue weighted by atomic mass is 9.84. The van der Waals surface area contributed by atoms with Crippen molar-refractivity contribution in [2.24, 2.45) is 11.5 Å². The summed E-state index contributed by atoms with van der Waals surface area (Å²) in [4.78, 5) is 35.3. The van der Waals surface area contributed by atoms with Gasteiger partial charge in [-0.05, 0) is 18.5 Å². The summed E-state index contributed by atoms with van der Waals surface area (Å²) in [6.45, 7) is 2.62. The van der Waals surface area contributed by atoms with Gasteiger partial charge in [0.25, 0.3) is 0 Å². The summed E-state index contributed by atoms with van der Waals surface area (Å²) in [5.74, 6) is -1.66. The molecule has 0 aromatic heterocycles. The zero-order valence-electron chi connectivity index (χ0n) is 13.4. The number of carbonyl (C=O) groups is 3. The van der Waals surface area contributed by atoms with Gasteiger partial charge < -0.3 is 21.6 Å². The highest BCUT2D eigenvalue weighted by Crippen LogP contribution is 2.21. The number of carbonyl (C=O) groups excluding carboxylic acids is 3. The zero-order chi connectivity index (χ0) is 17.2. The van der Waals surface area contributed by atoms with Gasteiger partial charge in [0.2, 0.25) is 5.91 Å². The standard InChI is InChI=1S/C17H25N3O3/c1-2-3-9-20-14(10-15(19)22)17(23)16(13(18)11-21)12-7-5-4-6-8-12/h4-8,11,13-14,16,20H,2-3,9-10,18H2,1H3,(H2,19,22)/t13-,14+,16?/m1/s1. The Hall–Kier alpha value is -2.05. The second-order valence-corrected chi connectivity index (χ2v) is 5.53. The molecule has 6 nitrogen and oxygen atoms in total. The van der Waals surface area contributed by atoms with Crippen LogP contribution in [0, 0.1) is 0 Å². The largest absolute Gasteiger partial charge is 0.370 e. The van der Waals surface area contributed by atoms with Crippen molar-refractivity contribution in [1.29, 1.82) is 0 Å². The maximum absolute atomic E-state index is 12.9. The van der Waals surface area contributed by atoms with Crippen LogP contribution in [0.4, 0.5) is 0 Å². The number of nitrogens with two attached hydrogens (primary N) is 2. The molecule has 0 spiro atoms. The molecule has 0 radical (unpaired) electrons. The first-order chi connectivity index (χ1) is 11.0. The predicted molar refractivity (Wildman–Crippen MR) is 88.7 cm³/mol. The summed E-state index contributed by atoms with van der Waals surface area (Å²) >= 11 is 0. The molecule has 0 fully saturated rings. The molecule has 3 atom stereocenters. The summed E-state index contributed by atoms with van der Waals surface area (Å²) in [6, 6.07) is 7.17. The SMILES string of the molecule is CCCCN[C@@H](CC(N)=O)C(=O)C(c1ccccc1)[C@H](N)C=O. The number of primary amides is 1. The lowest BCUT2D eigenvalue weighted by Crippen LogP contribution is -2.47. The summed E-state index contributed by atoms with van der Waals surface area (Å²) in [7, 11) is 0. The Bertz CT molecular complexity index is 519. The molecule has 5 N–H and O–H groups in total. The van der Waals surface area contributed by atoms with Crippen molar-refractivity contribution in [3.8, 4) is 0 Å². The van der Waals surface area contributed by atoms with Gasteiger partial charge in [0.05, 0.1) is 18.0 Å². The van der Waals surface area contributed by atoms with Gasteiger partial charge in [-0.3, -0.25) is 9.59 Å².